The summed E-state index contributed by atoms with van der Waals surface area (Å²) in [7, 11) is 5.11. The molecule has 5 heteroatoms. The van der Waals surface area contributed by atoms with Crippen LogP contribution in [0.5, 0.6) is 0 Å². The Morgan fingerprint density at radius 3 is 2.80 bits per heavy atom. The van der Waals surface area contributed by atoms with Crippen LogP contribution in [0.15, 0.2) is 0 Å². The first kappa shape index (κ1) is 8.39. The lowest BCUT2D eigenvalue weighted by molar-refractivity contribution is -0.119. The van der Waals surface area contributed by atoms with E-state index < -0.39 is 0 Å². The molecule has 0 bridgehead atoms. The Bertz CT molecular complexity index is 140. The number of nitrogens with one attached hydrogen (secondary N) is 1. The molecule has 0 saturated carbocycles. The fraction of sp³-hybridized carbons (Fsp3) is 0.800. The van der Waals surface area contributed by atoms with Crippen LogP contribution >= 0.6 is 18.8 Å². The maximum absolute atomic E-state index is 10.7. The zero-order chi connectivity index (χ0) is 7.56. The highest BCUT2D eigenvalue weighted by molar-refractivity contribution is 7.30. The van der Waals surface area contributed by atoms with E-state index in [1.807, 2.05) is 4.44 Å². The van der Waals surface area contributed by atoms with Gasteiger partial charge in [0.2, 0.25) is 5.91 Å². The van der Waals surface area contributed by atoms with E-state index >= 15 is 0 Å². The maximum atomic E-state index is 10.7. The molecule has 10 heavy (non-hydrogen) atoms. The second kappa shape index (κ2) is 3.61. The molecule has 0 spiro atoms. The molecule has 1 aliphatic rings. The number of amides is 1. The minimum atomic E-state index is 0.182. The number of carbonyl (C=O) groups excluding carboxylic acids is 1. The van der Waals surface area contributed by atoms with E-state index in [-0.39, 0.29) is 5.91 Å². The summed E-state index contributed by atoms with van der Waals surface area (Å²) in [6, 6.07) is 0. The summed E-state index contributed by atoms with van der Waals surface area (Å²) in [4.78, 5) is 10.7. The van der Waals surface area contributed by atoms with Crippen molar-refractivity contribution in [3.8, 4) is 0 Å². The summed E-state index contributed by atoms with van der Waals surface area (Å²) < 4.78 is 1.95. The molecular formula is C5H12N2OP2. The zero-order valence-corrected chi connectivity index (χ0v) is 8.02. The molecule has 3 nitrogen and oxygen atoms in total. The molecule has 1 heterocycles. The standard InChI is InChI=1S/C5H12N2OP2/c8-5-1-4(2-6-5)3-7(9)10/h4H,1-3,9-10H2,(H,6,8). The Kier molecular flexibility index (Phi) is 3.03. The lowest BCUT2D eigenvalue weighted by Gasteiger charge is -2.12. The summed E-state index contributed by atoms with van der Waals surface area (Å²) in [6.45, 7) is 1.77. The summed E-state index contributed by atoms with van der Waals surface area (Å²) in [5.41, 5.74) is 0. The van der Waals surface area contributed by atoms with E-state index in [4.69, 9.17) is 0 Å². The zero-order valence-electron chi connectivity index (χ0n) is 5.71. The van der Waals surface area contributed by atoms with Crippen LogP contribution in [0.25, 0.3) is 0 Å². The van der Waals surface area contributed by atoms with Crippen molar-refractivity contribution in [1.82, 2.24) is 9.76 Å². The third-order valence-electron chi connectivity index (χ3n) is 1.53. The largest absolute Gasteiger partial charge is 0.356 e. The molecule has 0 aromatic heterocycles. The topological polar surface area (TPSA) is 32.3 Å². The minimum absolute atomic E-state index is 0.182. The van der Waals surface area contributed by atoms with Crippen LogP contribution in [-0.2, 0) is 4.79 Å². The van der Waals surface area contributed by atoms with Crippen molar-refractivity contribution in [2.45, 2.75) is 6.42 Å². The molecule has 1 N–H and O–H groups in total. The molecule has 58 valence electrons. The van der Waals surface area contributed by atoms with Gasteiger partial charge < -0.3 is 5.32 Å². The van der Waals surface area contributed by atoms with Crippen molar-refractivity contribution in [2.75, 3.05) is 13.1 Å². The normalized spacial score (nSPS) is 25.5. The van der Waals surface area contributed by atoms with E-state index in [1.54, 1.807) is 0 Å². The molecule has 3 atom stereocenters. The van der Waals surface area contributed by atoms with Crippen molar-refractivity contribution in [2.24, 2.45) is 5.92 Å². The molecule has 0 aromatic carbocycles. The highest BCUT2D eigenvalue weighted by atomic mass is 31.1. The fourth-order valence-corrected chi connectivity index (χ4v) is 1.69. The summed E-state index contributed by atoms with van der Waals surface area (Å²) in [5.74, 6) is 0.671. The third-order valence-corrected chi connectivity index (χ3v) is 1.95. The van der Waals surface area contributed by atoms with Gasteiger partial charge in [0.05, 0.1) is 0 Å². The SMILES string of the molecule is O=C1CC(CN(P)P)CN1. The third kappa shape index (κ3) is 2.49. The van der Waals surface area contributed by atoms with E-state index in [1.165, 1.54) is 0 Å². The van der Waals surface area contributed by atoms with Crippen LogP contribution in [0.2, 0.25) is 0 Å². The van der Waals surface area contributed by atoms with Crippen LogP contribution in [-0.4, -0.2) is 23.4 Å². The van der Waals surface area contributed by atoms with Gasteiger partial charge in [-0.25, -0.2) is 0 Å². The number of hydrogen-bond donors (Lipinski definition) is 1. The first-order valence-corrected chi connectivity index (χ1v) is 4.25. The molecular weight excluding hydrogens is 166 g/mol. The molecule has 3 unspecified atom stereocenters. The Hall–Kier alpha value is 0.290. The highest BCUT2D eigenvalue weighted by Crippen LogP contribution is 2.15. The van der Waals surface area contributed by atoms with Gasteiger partial charge in [-0.1, -0.05) is 18.8 Å². The number of carbonyl (C=O) groups is 1. The second-order valence-electron chi connectivity index (χ2n) is 2.57. The monoisotopic (exact) mass is 178 g/mol. The Labute approximate surface area is 65.4 Å². The summed E-state index contributed by atoms with van der Waals surface area (Å²) >= 11 is 0. The van der Waals surface area contributed by atoms with Gasteiger partial charge in [0, 0.05) is 19.5 Å². The van der Waals surface area contributed by atoms with Crippen LogP contribution in [0.3, 0.4) is 0 Å². The average molecular weight is 178 g/mol. The van der Waals surface area contributed by atoms with Gasteiger partial charge in [-0.2, -0.15) is 0 Å². The van der Waals surface area contributed by atoms with Crippen LogP contribution in [0.1, 0.15) is 6.42 Å². The number of hydrogen-bond acceptors (Lipinski definition) is 2. The number of rotatable bonds is 2. The second-order valence-corrected chi connectivity index (χ2v) is 4.49. The first-order valence-electron chi connectivity index (χ1n) is 3.22. The molecule has 1 rings (SSSR count). The van der Waals surface area contributed by atoms with Crippen molar-refractivity contribution >= 4 is 24.7 Å². The van der Waals surface area contributed by atoms with Gasteiger partial charge in [-0.15, -0.1) is 0 Å². The highest BCUT2D eigenvalue weighted by Gasteiger charge is 2.21. The van der Waals surface area contributed by atoms with E-state index in [0.717, 1.165) is 13.1 Å². The predicted molar refractivity (Wildman–Crippen MR) is 47.2 cm³/mol. The van der Waals surface area contributed by atoms with Crippen LogP contribution < -0.4 is 5.32 Å². The van der Waals surface area contributed by atoms with Gasteiger partial charge >= 0.3 is 0 Å². The van der Waals surface area contributed by atoms with Crippen molar-refractivity contribution < 1.29 is 4.79 Å². The molecule has 1 fully saturated rings. The first-order chi connectivity index (χ1) is 4.68. The maximum Gasteiger partial charge on any atom is 0.220 e. The van der Waals surface area contributed by atoms with Crippen molar-refractivity contribution in [1.29, 1.82) is 0 Å². The average Bonchev–Trinajstić information content (AvgIpc) is 2.13. The molecule has 1 amide bonds. The van der Waals surface area contributed by atoms with Crippen molar-refractivity contribution in [3.05, 3.63) is 0 Å². The van der Waals surface area contributed by atoms with Crippen LogP contribution in [0, 0.1) is 5.92 Å². The molecule has 0 aromatic rings. The Morgan fingerprint density at radius 2 is 2.40 bits per heavy atom. The molecule has 1 saturated heterocycles. The fourth-order valence-electron chi connectivity index (χ4n) is 1.09. The van der Waals surface area contributed by atoms with E-state index in [9.17, 15) is 4.79 Å². The van der Waals surface area contributed by atoms with E-state index in [0.29, 0.717) is 12.3 Å². The predicted octanol–water partition coefficient (Wildman–Crippen LogP) is 0.00470. The van der Waals surface area contributed by atoms with Gasteiger partial charge in [-0.05, 0) is 5.92 Å². The quantitative estimate of drug-likeness (QED) is 0.604. The van der Waals surface area contributed by atoms with Crippen molar-refractivity contribution in [3.63, 3.8) is 0 Å². The molecule has 0 radical (unpaired) electrons. The Morgan fingerprint density at radius 1 is 1.70 bits per heavy atom. The van der Waals surface area contributed by atoms with Gasteiger partial charge in [0.15, 0.2) is 0 Å². The van der Waals surface area contributed by atoms with Gasteiger partial charge in [-0.3, -0.25) is 9.24 Å². The smallest absolute Gasteiger partial charge is 0.220 e. The number of nitrogens with zero attached hydrogens (tertiary/aromatic N) is 1. The lowest BCUT2D eigenvalue weighted by atomic mass is 10.1. The lowest BCUT2D eigenvalue weighted by Crippen LogP contribution is -2.17. The minimum Gasteiger partial charge on any atom is -0.356 e. The van der Waals surface area contributed by atoms with E-state index in [2.05, 4.69) is 24.1 Å². The summed E-state index contributed by atoms with van der Waals surface area (Å²) in [6.07, 6.45) is 0.680. The molecule has 1 aliphatic heterocycles. The summed E-state index contributed by atoms with van der Waals surface area (Å²) in [5, 5.41) is 2.79. The van der Waals surface area contributed by atoms with Gasteiger partial charge in [0.25, 0.3) is 0 Å². The van der Waals surface area contributed by atoms with Crippen LogP contribution in [0.4, 0.5) is 0 Å². The Balaban J connectivity index is 2.24. The molecule has 0 aliphatic carbocycles. The van der Waals surface area contributed by atoms with Gasteiger partial charge in [0.1, 0.15) is 0 Å².